The van der Waals surface area contributed by atoms with E-state index in [4.69, 9.17) is 16.3 Å². The quantitative estimate of drug-likeness (QED) is 0.789. The molecule has 0 spiro atoms. The molecule has 2 rings (SSSR count). The molecule has 1 fully saturated rings. The van der Waals surface area contributed by atoms with Crippen molar-refractivity contribution in [3.63, 3.8) is 0 Å². The summed E-state index contributed by atoms with van der Waals surface area (Å²) in [6.45, 7) is 7.27. The number of hydrogen-bond acceptors (Lipinski definition) is 4. The van der Waals surface area contributed by atoms with Gasteiger partial charge in [0.1, 0.15) is 0 Å². The smallest absolute Gasteiger partial charge is 0.0941 e. The van der Waals surface area contributed by atoms with Gasteiger partial charge in [-0.15, -0.1) is 22.9 Å². The summed E-state index contributed by atoms with van der Waals surface area (Å²) < 4.78 is 5.62. The first-order valence-corrected chi connectivity index (χ1v) is 7.45. The van der Waals surface area contributed by atoms with Crippen molar-refractivity contribution in [2.45, 2.75) is 38.3 Å². The first-order valence-electron chi connectivity index (χ1n) is 6.04. The zero-order valence-electron chi connectivity index (χ0n) is 10.4. The lowest BCUT2D eigenvalue weighted by Crippen LogP contribution is -2.47. The molecule has 1 aliphatic rings. The van der Waals surface area contributed by atoms with Crippen LogP contribution in [0.1, 0.15) is 24.5 Å². The van der Waals surface area contributed by atoms with E-state index < -0.39 is 0 Å². The normalized spacial score (nSPS) is 26.3. The molecule has 1 aliphatic heterocycles. The third-order valence-corrected chi connectivity index (χ3v) is 4.32. The Morgan fingerprint density at radius 3 is 3.12 bits per heavy atom. The maximum atomic E-state index is 5.75. The number of nitrogens with zero attached hydrogens (tertiary/aromatic N) is 2. The zero-order chi connectivity index (χ0) is 12.3. The predicted molar refractivity (Wildman–Crippen MR) is 71.8 cm³/mol. The van der Waals surface area contributed by atoms with Crippen molar-refractivity contribution in [3.05, 3.63) is 16.1 Å². The van der Waals surface area contributed by atoms with Gasteiger partial charge in [0, 0.05) is 30.9 Å². The Hall–Kier alpha value is -0.160. The predicted octanol–water partition coefficient (Wildman–Crippen LogP) is 2.53. The van der Waals surface area contributed by atoms with Gasteiger partial charge in [-0.25, -0.2) is 4.98 Å². The van der Waals surface area contributed by atoms with Crippen LogP contribution in [0.3, 0.4) is 0 Å². The molecular weight excluding hydrogens is 256 g/mol. The van der Waals surface area contributed by atoms with Crippen molar-refractivity contribution in [2.75, 3.05) is 19.7 Å². The molecule has 0 N–H and O–H groups in total. The number of hydrogen-bond donors (Lipinski definition) is 0. The largest absolute Gasteiger partial charge is 0.376 e. The molecule has 0 aromatic carbocycles. The minimum Gasteiger partial charge on any atom is -0.376 e. The standard InChI is InChI=1S/C12H19ClN2OS/c1-9-7-16-10(2)6-15(9)4-3-12-14-11(5-13)8-17-12/h8-10H,3-7H2,1-2H3. The molecule has 2 atom stereocenters. The van der Waals surface area contributed by atoms with E-state index in [-0.39, 0.29) is 0 Å². The molecule has 2 heterocycles. The van der Waals surface area contributed by atoms with E-state index in [1.807, 2.05) is 5.38 Å². The lowest BCUT2D eigenvalue weighted by atomic mass is 10.2. The van der Waals surface area contributed by atoms with Gasteiger partial charge in [0.05, 0.1) is 29.3 Å². The van der Waals surface area contributed by atoms with Crippen LogP contribution in [0.4, 0.5) is 0 Å². The molecule has 1 aromatic heterocycles. The molecule has 0 saturated carbocycles. The van der Waals surface area contributed by atoms with E-state index >= 15 is 0 Å². The summed E-state index contributed by atoms with van der Waals surface area (Å²) in [5.41, 5.74) is 0.995. The van der Waals surface area contributed by atoms with Gasteiger partial charge in [-0.05, 0) is 13.8 Å². The molecule has 0 aliphatic carbocycles. The fourth-order valence-corrected chi connectivity index (χ4v) is 3.06. The Morgan fingerprint density at radius 1 is 1.59 bits per heavy atom. The number of thiazole rings is 1. The Kier molecular flexibility index (Phi) is 4.79. The van der Waals surface area contributed by atoms with Gasteiger partial charge in [0.25, 0.3) is 0 Å². The molecule has 1 saturated heterocycles. The number of morpholine rings is 1. The van der Waals surface area contributed by atoms with Crippen LogP contribution in [0.2, 0.25) is 0 Å². The van der Waals surface area contributed by atoms with Crippen molar-refractivity contribution in [1.29, 1.82) is 0 Å². The number of ether oxygens (including phenoxy) is 1. The highest BCUT2D eigenvalue weighted by atomic mass is 35.5. The second kappa shape index (κ2) is 6.14. The van der Waals surface area contributed by atoms with Crippen LogP contribution in [0.15, 0.2) is 5.38 Å². The van der Waals surface area contributed by atoms with Crippen LogP contribution in [-0.4, -0.2) is 41.7 Å². The maximum absolute atomic E-state index is 5.75. The zero-order valence-corrected chi connectivity index (χ0v) is 11.9. The Bertz CT molecular complexity index is 358. The van der Waals surface area contributed by atoms with Gasteiger partial charge in [-0.3, -0.25) is 4.90 Å². The van der Waals surface area contributed by atoms with E-state index in [0.717, 1.165) is 31.8 Å². The summed E-state index contributed by atoms with van der Waals surface area (Å²) in [5, 5.41) is 3.24. The van der Waals surface area contributed by atoms with Crippen LogP contribution in [0, 0.1) is 0 Å². The van der Waals surface area contributed by atoms with Gasteiger partial charge < -0.3 is 4.74 Å². The minimum atomic E-state index is 0.348. The Morgan fingerprint density at radius 2 is 2.41 bits per heavy atom. The van der Waals surface area contributed by atoms with Crippen molar-refractivity contribution >= 4 is 22.9 Å². The van der Waals surface area contributed by atoms with Crippen LogP contribution in [-0.2, 0) is 17.0 Å². The average molecular weight is 275 g/mol. The highest BCUT2D eigenvalue weighted by molar-refractivity contribution is 7.09. The van der Waals surface area contributed by atoms with Crippen LogP contribution in [0.25, 0.3) is 0 Å². The van der Waals surface area contributed by atoms with Crippen molar-refractivity contribution in [3.8, 4) is 0 Å². The molecule has 1 aromatic rings. The fraction of sp³-hybridized carbons (Fsp3) is 0.750. The Balaban J connectivity index is 1.84. The molecule has 3 nitrogen and oxygen atoms in total. The summed E-state index contributed by atoms with van der Waals surface area (Å²) in [5.74, 6) is 0.515. The molecule has 96 valence electrons. The first kappa shape index (κ1) is 13.3. The summed E-state index contributed by atoms with van der Waals surface area (Å²) >= 11 is 7.46. The summed E-state index contributed by atoms with van der Waals surface area (Å²) in [7, 11) is 0. The van der Waals surface area contributed by atoms with E-state index in [1.165, 1.54) is 5.01 Å². The topological polar surface area (TPSA) is 25.4 Å². The lowest BCUT2D eigenvalue weighted by molar-refractivity contribution is -0.0487. The average Bonchev–Trinajstić information content (AvgIpc) is 2.78. The van der Waals surface area contributed by atoms with E-state index in [1.54, 1.807) is 11.3 Å². The minimum absolute atomic E-state index is 0.348. The lowest BCUT2D eigenvalue weighted by Gasteiger charge is -2.36. The number of rotatable bonds is 4. The second-order valence-electron chi connectivity index (χ2n) is 4.60. The summed E-state index contributed by atoms with van der Waals surface area (Å²) in [6, 6.07) is 0.513. The number of alkyl halides is 1. The third-order valence-electron chi connectivity index (χ3n) is 3.09. The molecule has 5 heteroatoms. The van der Waals surface area contributed by atoms with E-state index in [2.05, 4.69) is 23.7 Å². The molecule has 2 unspecified atom stereocenters. The maximum Gasteiger partial charge on any atom is 0.0941 e. The highest BCUT2D eigenvalue weighted by Gasteiger charge is 2.23. The van der Waals surface area contributed by atoms with Gasteiger partial charge >= 0.3 is 0 Å². The van der Waals surface area contributed by atoms with Crippen molar-refractivity contribution < 1.29 is 4.74 Å². The van der Waals surface area contributed by atoms with Crippen LogP contribution >= 0.6 is 22.9 Å². The number of halogens is 1. The fourth-order valence-electron chi connectivity index (χ4n) is 2.05. The molecule has 0 amide bonds. The van der Waals surface area contributed by atoms with E-state index in [9.17, 15) is 0 Å². The summed E-state index contributed by atoms with van der Waals surface area (Å²) in [4.78, 5) is 6.97. The van der Waals surface area contributed by atoms with Crippen molar-refractivity contribution in [1.82, 2.24) is 9.88 Å². The van der Waals surface area contributed by atoms with Gasteiger partial charge in [0.15, 0.2) is 0 Å². The second-order valence-corrected chi connectivity index (χ2v) is 5.81. The van der Waals surface area contributed by atoms with Gasteiger partial charge in [-0.1, -0.05) is 0 Å². The highest BCUT2D eigenvalue weighted by Crippen LogP contribution is 2.15. The monoisotopic (exact) mass is 274 g/mol. The van der Waals surface area contributed by atoms with Crippen molar-refractivity contribution in [2.24, 2.45) is 0 Å². The number of aromatic nitrogens is 1. The van der Waals surface area contributed by atoms with Crippen LogP contribution < -0.4 is 0 Å². The van der Waals surface area contributed by atoms with E-state index in [0.29, 0.717) is 18.0 Å². The SMILES string of the molecule is CC1CN(CCc2nc(CCl)cs2)C(C)CO1. The molecule has 0 bridgehead atoms. The molecule has 17 heavy (non-hydrogen) atoms. The van der Waals surface area contributed by atoms with Gasteiger partial charge in [-0.2, -0.15) is 0 Å². The third kappa shape index (κ3) is 3.65. The Labute approximate surface area is 112 Å². The molecule has 0 radical (unpaired) electrons. The van der Waals surface area contributed by atoms with Gasteiger partial charge in [0.2, 0.25) is 0 Å². The first-order chi connectivity index (χ1) is 8.19. The summed E-state index contributed by atoms with van der Waals surface area (Å²) in [6.07, 6.45) is 1.36. The molecular formula is C12H19ClN2OS. The van der Waals surface area contributed by atoms with Crippen LogP contribution in [0.5, 0.6) is 0 Å².